The summed E-state index contributed by atoms with van der Waals surface area (Å²) >= 11 is 3.73. The molecule has 0 saturated heterocycles. The van der Waals surface area contributed by atoms with Crippen molar-refractivity contribution in [2.24, 2.45) is 0 Å². The van der Waals surface area contributed by atoms with Crippen LogP contribution in [0, 0.1) is 0 Å². The highest BCUT2D eigenvalue weighted by Gasteiger charge is 2.33. The third-order valence-electron chi connectivity index (χ3n) is 10.9. The predicted octanol–water partition coefficient (Wildman–Crippen LogP) is 9.85. The molecule has 2 aliphatic rings. The van der Waals surface area contributed by atoms with Crippen LogP contribution < -0.4 is 4.72 Å². The number of nitrogens with one attached hydrogen (secondary N) is 1. The molecule has 0 unspecified atom stereocenters. The first-order chi connectivity index (χ1) is 32.4. The molecule has 13 nitrogen and oxygen atoms in total. The van der Waals surface area contributed by atoms with Crippen LogP contribution in [0.15, 0.2) is 127 Å². The number of hydrogen-bond donors (Lipinski definition) is 1. The van der Waals surface area contributed by atoms with Gasteiger partial charge >= 0.3 is 6.09 Å². The summed E-state index contributed by atoms with van der Waals surface area (Å²) in [6.45, 7) is 10.0. The molecule has 360 valence electrons. The Balaban J connectivity index is 0.000000176. The van der Waals surface area contributed by atoms with Crippen LogP contribution >= 0.6 is 23.5 Å². The third kappa shape index (κ3) is 14.8. The number of benzene rings is 4. The molecule has 1 N–H and O–H groups in total. The Morgan fingerprint density at radius 2 is 1.16 bits per heavy atom. The molecule has 4 aromatic carbocycles. The second kappa shape index (κ2) is 23.7. The second-order valence-corrected chi connectivity index (χ2v) is 23.0. The average molecular weight is 997 g/mol. The number of fused-ring (bicyclic) bond motifs is 2. The maximum Gasteiger partial charge on any atom is 0.424 e. The molecule has 68 heavy (non-hydrogen) atoms. The van der Waals surface area contributed by atoms with Gasteiger partial charge < -0.3 is 4.74 Å². The lowest BCUT2D eigenvalue weighted by molar-refractivity contribution is 0.0347. The lowest BCUT2D eigenvalue weighted by Crippen LogP contribution is -2.41. The minimum absolute atomic E-state index is 0.305. The Hall–Kier alpha value is -5.46. The summed E-state index contributed by atoms with van der Waals surface area (Å²) in [7, 11) is -7.32. The van der Waals surface area contributed by atoms with E-state index in [1.807, 2.05) is 113 Å². The highest BCUT2D eigenvalue weighted by atomic mass is 32.2. The fourth-order valence-corrected chi connectivity index (χ4v) is 11.7. The second-order valence-electron chi connectivity index (χ2n) is 17.4. The maximum absolute atomic E-state index is 12.6. The molecule has 4 heterocycles. The molecule has 2 aromatic heterocycles. The molecule has 0 radical (unpaired) electrons. The largest absolute Gasteiger partial charge is 0.443 e. The molecule has 0 fully saturated rings. The highest BCUT2D eigenvalue weighted by Crippen LogP contribution is 2.30. The molecule has 0 bridgehead atoms. The molecule has 8 rings (SSSR count). The fraction of sp³-hybridized carbons (Fsp3) is 0.333. The van der Waals surface area contributed by atoms with Crippen LogP contribution in [0.5, 0.6) is 0 Å². The van der Waals surface area contributed by atoms with Gasteiger partial charge in [0, 0.05) is 45.5 Å². The van der Waals surface area contributed by atoms with E-state index in [1.165, 1.54) is 27.9 Å². The Morgan fingerprint density at radius 1 is 0.721 bits per heavy atom. The van der Waals surface area contributed by atoms with Crippen LogP contribution in [0.25, 0.3) is 6.08 Å². The first-order valence-electron chi connectivity index (χ1n) is 22.3. The van der Waals surface area contributed by atoms with E-state index in [0.29, 0.717) is 12.2 Å². The Labute approximate surface area is 409 Å². The molecule has 2 atom stereocenters. The number of thioether (sulfide) groups is 2. The van der Waals surface area contributed by atoms with E-state index in [2.05, 4.69) is 34.1 Å². The number of hydrogen-bond acceptors (Lipinski definition) is 11. The van der Waals surface area contributed by atoms with Crippen molar-refractivity contribution in [1.29, 1.82) is 0 Å². The van der Waals surface area contributed by atoms with Crippen LogP contribution in [0.3, 0.4) is 0 Å². The zero-order valence-electron chi connectivity index (χ0n) is 39.3. The Morgan fingerprint density at radius 3 is 1.62 bits per heavy atom. The molecular formula is C51H60N6O7S4. The number of ether oxygens (including phenoxy) is 1. The van der Waals surface area contributed by atoms with Crippen LogP contribution in [-0.2, 0) is 62.2 Å². The average Bonchev–Trinajstić information content (AvgIpc) is 3.86. The quantitative estimate of drug-likeness (QED) is 0.110. The summed E-state index contributed by atoms with van der Waals surface area (Å²) in [5.74, 6) is 3.95. The van der Waals surface area contributed by atoms with E-state index >= 15 is 0 Å². The van der Waals surface area contributed by atoms with Gasteiger partial charge in [0.05, 0.1) is 31.1 Å². The van der Waals surface area contributed by atoms with E-state index in [4.69, 9.17) is 9.84 Å². The summed E-state index contributed by atoms with van der Waals surface area (Å²) in [6.07, 6.45) is 4.60. The van der Waals surface area contributed by atoms with Gasteiger partial charge in [-0.1, -0.05) is 121 Å². The number of amides is 1. The van der Waals surface area contributed by atoms with Crippen molar-refractivity contribution in [3.05, 3.63) is 183 Å². The van der Waals surface area contributed by atoms with Crippen molar-refractivity contribution in [2.75, 3.05) is 17.8 Å². The summed E-state index contributed by atoms with van der Waals surface area (Å²) < 4.78 is 61.7. The van der Waals surface area contributed by atoms with Crippen LogP contribution in [0.2, 0.25) is 0 Å². The van der Waals surface area contributed by atoms with Gasteiger partial charge in [0.15, 0.2) is 6.29 Å². The zero-order valence-corrected chi connectivity index (χ0v) is 42.6. The molecule has 2 aliphatic heterocycles. The first-order valence-corrected chi connectivity index (χ1v) is 28.0. The van der Waals surface area contributed by atoms with Gasteiger partial charge in [-0.2, -0.15) is 38.0 Å². The summed E-state index contributed by atoms with van der Waals surface area (Å²) in [4.78, 5) is 23.2. The minimum atomic E-state index is -3.73. The number of nitrogens with zero attached hydrogens (tertiary/aromatic N) is 5. The minimum Gasteiger partial charge on any atom is -0.443 e. The van der Waals surface area contributed by atoms with Gasteiger partial charge in [-0.15, -0.1) is 0 Å². The lowest BCUT2D eigenvalue weighted by Gasteiger charge is -2.30. The normalized spacial score (nSPS) is 14.5. The number of aromatic nitrogens is 4. The number of aldehydes is 1. The Bertz CT molecular complexity index is 2850. The van der Waals surface area contributed by atoms with Crippen molar-refractivity contribution >= 4 is 62.0 Å². The molecule has 0 aliphatic carbocycles. The van der Waals surface area contributed by atoms with Crippen molar-refractivity contribution in [2.45, 2.75) is 89.7 Å². The SMILES string of the molecule is C[C@@H](NS(=O)(=O)/C=C/c1nn(Cc2ccccc2)c2c1CSCC2)c1ccccc1.C[C@H](c1ccccc1)N(C(=O)OC(C)(C)C)S(C)(=O)=O.O=Cc1nn(Cc2ccccc2)c2c1CSCC2. The topological polar surface area (TPSA) is 163 Å². The summed E-state index contributed by atoms with van der Waals surface area (Å²) in [6, 6.07) is 38.0. The standard InChI is InChI=1S/C23H25N3O2S2.C14H14N2OS.C14H21NO4S/c1-18(20-10-6-3-7-11-20)25-30(27,28)15-13-22-21-17-29-14-12-23(21)26(24-22)16-19-8-4-2-5-9-19;17-9-13-12-10-18-7-6-14(12)16(15-13)8-11-4-2-1-3-5-11;1-11(12-9-7-6-8-10-12)15(20(5,17)18)13(16)19-14(2,3)4/h2-11,13,15,18,25H,12,14,16-17H2,1H3;1-5,9H,6-8,10H2;6-11H,1-5H3/b15-13+;;/t18-;;11-/m1.1/s1. The highest BCUT2D eigenvalue weighted by molar-refractivity contribution is 7.98. The van der Waals surface area contributed by atoms with Gasteiger partial charge in [0.1, 0.15) is 11.3 Å². The maximum atomic E-state index is 12.6. The van der Waals surface area contributed by atoms with Crippen molar-refractivity contribution in [3.8, 4) is 0 Å². The number of carbonyl (C=O) groups excluding carboxylic acids is 2. The number of carbonyl (C=O) groups is 2. The first kappa shape index (κ1) is 51.9. The number of rotatable bonds is 13. The smallest absolute Gasteiger partial charge is 0.424 e. The summed E-state index contributed by atoms with van der Waals surface area (Å²) in [5.41, 5.74) is 9.39. The van der Waals surface area contributed by atoms with Crippen LogP contribution in [0.4, 0.5) is 4.79 Å². The van der Waals surface area contributed by atoms with Gasteiger partial charge in [-0.05, 0) is 87.3 Å². The van der Waals surface area contributed by atoms with Crippen LogP contribution in [-0.4, -0.2) is 76.4 Å². The lowest BCUT2D eigenvalue weighted by atomic mass is 10.1. The van der Waals surface area contributed by atoms with Gasteiger partial charge in [0.25, 0.3) is 0 Å². The molecule has 0 saturated carbocycles. The van der Waals surface area contributed by atoms with Gasteiger partial charge in [-0.25, -0.2) is 26.4 Å². The molecule has 0 spiro atoms. The van der Waals surface area contributed by atoms with E-state index in [9.17, 15) is 26.4 Å². The van der Waals surface area contributed by atoms with E-state index in [0.717, 1.165) is 87.2 Å². The molecule has 1 amide bonds. The molecule has 17 heteroatoms. The van der Waals surface area contributed by atoms with E-state index in [1.54, 1.807) is 58.0 Å². The van der Waals surface area contributed by atoms with Gasteiger partial charge in [-0.3, -0.25) is 14.2 Å². The zero-order chi connectivity index (χ0) is 48.9. The number of sulfonamides is 2. The molecular weight excluding hydrogens is 937 g/mol. The predicted molar refractivity (Wildman–Crippen MR) is 274 cm³/mol. The van der Waals surface area contributed by atoms with Crippen molar-refractivity contribution < 1.29 is 31.2 Å². The molecule has 6 aromatic rings. The van der Waals surface area contributed by atoms with Gasteiger partial charge in [0.2, 0.25) is 20.0 Å². The fourth-order valence-electron chi connectivity index (χ4n) is 7.68. The van der Waals surface area contributed by atoms with E-state index < -0.39 is 37.8 Å². The van der Waals surface area contributed by atoms with Crippen LogP contribution in [0.1, 0.15) is 108 Å². The Kier molecular flexibility index (Phi) is 18.1. The monoisotopic (exact) mass is 996 g/mol. The third-order valence-corrected chi connectivity index (χ3v) is 15.3. The van der Waals surface area contributed by atoms with Crippen molar-refractivity contribution in [3.63, 3.8) is 0 Å². The van der Waals surface area contributed by atoms with E-state index in [-0.39, 0.29) is 6.04 Å². The summed E-state index contributed by atoms with van der Waals surface area (Å²) in [5, 5.41) is 10.4. The van der Waals surface area contributed by atoms with Crippen molar-refractivity contribution in [1.82, 2.24) is 28.6 Å².